The first-order valence-electron chi connectivity index (χ1n) is 5.07. The van der Waals surface area contributed by atoms with Crippen molar-refractivity contribution in [1.29, 1.82) is 0 Å². The number of halogens is 1. The van der Waals surface area contributed by atoms with Crippen molar-refractivity contribution in [1.82, 2.24) is 0 Å². The van der Waals surface area contributed by atoms with E-state index in [1.807, 2.05) is 13.8 Å². The van der Waals surface area contributed by atoms with Crippen LogP contribution in [0.5, 0.6) is 11.5 Å². The number of carbonyl (C=O) groups excluding carboxylic acids is 1. The summed E-state index contributed by atoms with van der Waals surface area (Å²) in [6.45, 7) is 5.17. The number of ether oxygens (including phenoxy) is 2. The summed E-state index contributed by atoms with van der Waals surface area (Å²) < 4.78 is 11.1. The molecule has 0 N–H and O–H groups in total. The van der Waals surface area contributed by atoms with Gasteiger partial charge in [-0.1, -0.05) is 11.6 Å². The second-order valence-electron chi connectivity index (χ2n) is 4.39. The third kappa shape index (κ3) is 2.14. The average molecular weight is 241 g/mol. The largest absolute Gasteiger partial charge is 0.449 e. The molecule has 1 aliphatic rings. The van der Waals surface area contributed by atoms with Gasteiger partial charge in [0, 0.05) is 20.3 Å². The van der Waals surface area contributed by atoms with Crippen LogP contribution in [0.15, 0.2) is 12.1 Å². The number of Topliss-reactive ketones (excluding diaryl/α,β-unsaturated/α-hetero) is 1. The highest BCUT2D eigenvalue weighted by Crippen LogP contribution is 2.44. The first-order valence-corrected chi connectivity index (χ1v) is 5.45. The predicted octanol–water partition coefficient (Wildman–Crippen LogP) is 2.98. The molecule has 1 heterocycles. The zero-order valence-corrected chi connectivity index (χ0v) is 10.2. The van der Waals surface area contributed by atoms with Crippen molar-refractivity contribution in [3.05, 3.63) is 22.7 Å². The zero-order valence-electron chi connectivity index (χ0n) is 9.46. The Hall–Kier alpha value is -1.22. The van der Waals surface area contributed by atoms with E-state index in [2.05, 4.69) is 0 Å². The molecule has 16 heavy (non-hydrogen) atoms. The van der Waals surface area contributed by atoms with Crippen LogP contribution >= 0.6 is 11.6 Å². The molecule has 0 fully saturated rings. The summed E-state index contributed by atoms with van der Waals surface area (Å²) in [6, 6.07) is 3.55. The number of rotatable bonds is 2. The molecule has 0 radical (unpaired) electrons. The fourth-order valence-electron chi connectivity index (χ4n) is 1.72. The molecule has 1 aromatic rings. The van der Waals surface area contributed by atoms with Crippen molar-refractivity contribution in [2.24, 2.45) is 0 Å². The number of carbonyl (C=O) groups is 1. The molecule has 4 heteroatoms. The minimum absolute atomic E-state index is 0.0918. The van der Waals surface area contributed by atoms with Crippen molar-refractivity contribution in [2.45, 2.75) is 33.0 Å². The lowest BCUT2D eigenvalue weighted by atomic mass is 10.1. The Kier molecular flexibility index (Phi) is 2.58. The summed E-state index contributed by atoms with van der Waals surface area (Å²) in [5.41, 5.74) is 0.845. The van der Waals surface area contributed by atoms with E-state index >= 15 is 0 Å². The van der Waals surface area contributed by atoms with Gasteiger partial charge in [-0.05, 0) is 24.6 Å². The normalized spacial score (nSPS) is 16.2. The monoisotopic (exact) mass is 240 g/mol. The lowest BCUT2D eigenvalue weighted by Gasteiger charge is -2.16. The first-order chi connectivity index (χ1) is 7.37. The van der Waals surface area contributed by atoms with Gasteiger partial charge >= 0.3 is 0 Å². The number of hydrogen-bond acceptors (Lipinski definition) is 3. The summed E-state index contributed by atoms with van der Waals surface area (Å²) in [4.78, 5) is 11.0. The van der Waals surface area contributed by atoms with Crippen LogP contribution in [-0.2, 0) is 11.2 Å². The quantitative estimate of drug-likeness (QED) is 0.797. The Morgan fingerprint density at radius 1 is 1.38 bits per heavy atom. The first kappa shape index (κ1) is 11.3. The molecule has 0 unspecified atom stereocenters. The summed E-state index contributed by atoms with van der Waals surface area (Å²) in [5.74, 6) is 0.558. The average Bonchev–Trinajstić information content (AvgIpc) is 2.38. The minimum Gasteiger partial charge on any atom is -0.449 e. The fourth-order valence-corrected chi connectivity index (χ4v) is 1.99. The van der Waals surface area contributed by atoms with E-state index in [1.165, 1.54) is 0 Å². The molecule has 0 saturated heterocycles. The van der Waals surface area contributed by atoms with Crippen molar-refractivity contribution in [3.63, 3.8) is 0 Å². The maximum atomic E-state index is 11.0. The number of fused-ring (bicyclic) bond motifs is 1. The van der Waals surface area contributed by atoms with E-state index in [-0.39, 0.29) is 5.78 Å². The van der Waals surface area contributed by atoms with Gasteiger partial charge < -0.3 is 9.47 Å². The second kappa shape index (κ2) is 3.67. The highest BCUT2D eigenvalue weighted by molar-refractivity contribution is 6.32. The van der Waals surface area contributed by atoms with Crippen molar-refractivity contribution < 1.29 is 14.3 Å². The van der Waals surface area contributed by atoms with E-state index < -0.39 is 5.79 Å². The number of benzene rings is 1. The van der Waals surface area contributed by atoms with Crippen LogP contribution in [0, 0.1) is 0 Å². The third-order valence-electron chi connectivity index (χ3n) is 2.23. The van der Waals surface area contributed by atoms with Crippen LogP contribution < -0.4 is 9.47 Å². The van der Waals surface area contributed by atoms with E-state index in [0.29, 0.717) is 22.9 Å². The summed E-state index contributed by atoms with van der Waals surface area (Å²) in [5, 5.41) is 0.485. The third-order valence-corrected chi connectivity index (χ3v) is 2.51. The molecule has 0 atom stereocenters. The Morgan fingerprint density at radius 3 is 2.69 bits per heavy atom. The van der Waals surface area contributed by atoms with E-state index in [0.717, 1.165) is 5.56 Å². The standard InChI is InChI=1S/C12H13ClO3/c1-7(14)4-8-5-9(13)11-10(6-8)15-12(2,3)16-11/h5-6H,4H2,1-3H3. The van der Waals surface area contributed by atoms with Gasteiger partial charge in [0.1, 0.15) is 5.78 Å². The fraction of sp³-hybridized carbons (Fsp3) is 0.417. The summed E-state index contributed by atoms with van der Waals surface area (Å²) in [6.07, 6.45) is 0.358. The van der Waals surface area contributed by atoms with Gasteiger partial charge in [0.25, 0.3) is 0 Å². The molecular weight excluding hydrogens is 228 g/mol. The second-order valence-corrected chi connectivity index (χ2v) is 4.79. The summed E-state index contributed by atoms with van der Waals surface area (Å²) in [7, 11) is 0. The van der Waals surface area contributed by atoms with Crippen LogP contribution in [0.2, 0.25) is 5.02 Å². The maximum absolute atomic E-state index is 11.0. The van der Waals surface area contributed by atoms with Crippen LogP contribution in [0.3, 0.4) is 0 Å². The van der Waals surface area contributed by atoms with Crippen molar-refractivity contribution >= 4 is 17.4 Å². The molecule has 0 bridgehead atoms. The van der Waals surface area contributed by atoms with E-state index in [4.69, 9.17) is 21.1 Å². The Balaban J connectivity index is 2.38. The van der Waals surface area contributed by atoms with Gasteiger partial charge in [-0.25, -0.2) is 0 Å². The lowest BCUT2D eigenvalue weighted by Crippen LogP contribution is -2.29. The van der Waals surface area contributed by atoms with Crippen molar-refractivity contribution in [2.75, 3.05) is 0 Å². The molecule has 0 saturated carbocycles. The Morgan fingerprint density at radius 2 is 2.06 bits per heavy atom. The van der Waals surface area contributed by atoms with E-state index in [1.54, 1.807) is 19.1 Å². The Bertz CT molecular complexity index is 452. The molecular formula is C12H13ClO3. The summed E-state index contributed by atoms with van der Waals surface area (Å²) >= 11 is 6.07. The Labute approximate surface area is 99.3 Å². The smallest absolute Gasteiger partial charge is 0.246 e. The predicted molar refractivity (Wildman–Crippen MR) is 61.2 cm³/mol. The van der Waals surface area contributed by atoms with Crippen LogP contribution in [0.1, 0.15) is 26.3 Å². The molecule has 0 amide bonds. The molecule has 0 spiro atoms. The van der Waals surface area contributed by atoms with Crippen LogP contribution in [0.25, 0.3) is 0 Å². The molecule has 1 aromatic carbocycles. The maximum Gasteiger partial charge on any atom is 0.246 e. The van der Waals surface area contributed by atoms with Gasteiger partial charge in [-0.3, -0.25) is 4.79 Å². The van der Waals surface area contributed by atoms with E-state index in [9.17, 15) is 4.79 Å². The van der Waals surface area contributed by atoms with Gasteiger partial charge in [-0.2, -0.15) is 0 Å². The number of ketones is 1. The SMILES string of the molecule is CC(=O)Cc1cc(Cl)c2c(c1)OC(C)(C)O2. The molecule has 86 valence electrons. The minimum atomic E-state index is -0.694. The topological polar surface area (TPSA) is 35.5 Å². The zero-order chi connectivity index (χ0) is 11.9. The molecule has 1 aliphatic heterocycles. The molecule has 0 aromatic heterocycles. The lowest BCUT2D eigenvalue weighted by molar-refractivity contribution is -0.116. The van der Waals surface area contributed by atoms with Gasteiger partial charge in [0.15, 0.2) is 11.5 Å². The highest BCUT2D eigenvalue weighted by Gasteiger charge is 2.33. The molecule has 3 nitrogen and oxygen atoms in total. The van der Waals surface area contributed by atoms with Gasteiger partial charge in [0.05, 0.1) is 5.02 Å². The molecule has 0 aliphatic carbocycles. The highest BCUT2D eigenvalue weighted by atomic mass is 35.5. The van der Waals surface area contributed by atoms with Gasteiger partial charge in [0.2, 0.25) is 5.79 Å². The van der Waals surface area contributed by atoms with Crippen LogP contribution in [0.4, 0.5) is 0 Å². The molecule has 2 rings (SSSR count). The van der Waals surface area contributed by atoms with Gasteiger partial charge in [-0.15, -0.1) is 0 Å². The number of hydrogen-bond donors (Lipinski definition) is 0. The van der Waals surface area contributed by atoms with Crippen LogP contribution in [-0.4, -0.2) is 11.6 Å². The van der Waals surface area contributed by atoms with Crippen molar-refractivity contribution in [3.8, 4) is 11.5 Å².